The molecule has 2 aromatic carbocycles. The minimum atomic E-state index is -0.601. The molecule has 3 aliphatic heterocycles. The lowest BCUT2D eigenvalue weighted by Gasteiger charge is -2.29. The van der Waals surface area contributed by atoms with Crippen molar-refractivity contribution in [2.45, 2.75) is 96.6 Å². The zero-order chi connectivity index (χ0) is 23.3. The van der Waals surface area contributed by atoms with Crippen LogP contribution in [0.15, 0.2) is 30.3 Å². The molecular formula is C28H35NO4. The van der Waals surface area contributed by atoms with E-state index in [1.807, 2.05) is 0 Å². The van der Waals surface area contributed by atoms with Crippen LogP contribution in [0.2, 0.25) is 0 Å². The predicted octanol–water partition coefficient (Wildman–Crippen LogP) is 5.04. The summed E-state index contributed by atoms with van der Waals surface area (Å²) in [4.78, 5) is 14.4. The van der Waals surface area contributed by atoms with Crippen LogP contribution >= 0.6 is 0 Å². The maximum Gasteiger partial charge on any atom is 0.308 e. The molecule has 1 saturated heterocycles. The minimum absolute atomic E-state index is 0.103. The molecule has 0 aromatic heterocycles. The Labute approximate surface area is 196 Å². The lowest BCUT2D eigenvalue weighted by Crippen LogP contribution is -2.33. The second-order valence-corrected chi connectivity index (χ2v) is 10.8. The monoisotopic (exact) mass is 449 g/mol. The van der Waals surface area contributed by atoms with E-state index in [4.69, 9.17) is 9.47 Å². The Balaban J connectivity index is 1.52. The normalized spacial score (nSPS) is 23.3. The first-order chi connectivity index (χ1) is 15.7. The second-order valence-electron chi connectivity index (χ2n) is 10.8. The summed E-state index contributed by atoms with van der Waals surface area (Å²) in [6.45, 7) is 10.6. The third-order valence-electron chi connectivity index (χ3n) is 7.18. The van der Waals surface area contributed by atoms with Gasteiger partial charge in [0.15, 0.2) is 0 Å². The predicted molar refractivity (Wildman–Crippen MR) is 129 cm³/mol. The molecule has 3 aliphatic rings. The van der Waals surface area contributed by atoms with E-state index in [2.05, 4.69) is 62.9 Å². The quantitative estimate of drug-likeness (QED) is 0.648. The zero-order valence-electron chi connectivity index (χ0n) is 20.2. The van der Waals surface area contributed by atoms with Crippen molar-refractivity contribution in [2.75, 3.05) is 4.90 Å². The number of rotatable bonds is 5. The van der Waals surface area contributed by atoms with Crippen LogP contribution in [0.1, 0.15) is 80.7 Å². The van der Waals surface area contributed by atoms with Crippen molar-refractivity contribution in [3.63, 3.8) is 0 Å². The van der Waals surface area contributed by atoms with Crippen molar-refractivity contribution in [1.29, 1.82) is 0 Å². The number of esters is 1. The largest absolute Gasteiger partial charge is 0.487 e. The number of benzene rings is 2. The summed E-state index contributed by atoms with van der Waals surface area (Å²) in [5.41, 5.74) is 7.72. The van der Waals surface area contributed by atoms with E-state index in [-0.39, 0.29) is 24.1 Å². The number of hydrogen-bond donors (Lipinski definition) is 1. The van der Waals surface area contributed by atoms with Gasteiger partial charge in [0.2, 0.25) is 0 Å². The van der Waals surface area contributed by atoms with Crippen molar-refractivity contribution in [2.24, 2.45) is 0 Å². The molecule has 2 atom stereocenters. The Morgan fingerprint density at radius 3 is 2.48 bits per heavy atom. The second kappa shape index (κ2) is 8.35. The standard InChI is InChI=1S/C28H35NO4/c1-17(2)26-23(10-9-22-12-21(30)13-25(31)32-22)27-20(14-28(3,4)33-27)11-24(26)29-15-18-7-5-6-8-19(18)16-29/h5-8,11,17,21-22,30H,9-10,12-16H2,1-4H3/t21-,22-/m1/s1. The highest BCUT2D eigenvalue weighted by molar-refractivity contribution is 5.71. The SMILES string of the molecule is CC(C)c1c(N2Cc3ccccc3C2)cc2c(c1CC[C@@H]1C[C@@H](O)CC(=O)O1)OC(C)(C)C2. The number of anilines is 1. The van der Waals surface area contributed by atoms with E-state index in [0.717, 1.165) is 31.7 Å². The third kappa shape index (κ3) is 4.35. The average molecular weight is 450 g/mol. The summed E-state index contributed by atoms with van der Waals surface area (Å²) < 4.78 is 12.1. The first-order valence-electron chi connectivity index (χ1n) is 12.3. The molecule has 0 aliphatic carbocycles. The van der Waals surface area contributed by atoms with Gasteiger partial charge in [-0.15, -0.1) is 0 Å². The summed E-state index contributed by atoms with van der Waals surface area (Å²) in [6.07, 6.45) is 2.12. The van der Waals surface area contributed by atoms with E-state index in [9.17, 15) is 9.90 Å². The van der Waals surface area contributed by atoms with E-state index in [1.54, 1.807) is 0 Å². The highest BCUT2D eigenvalue weighted by Gasteiger charge is 2.36. The number of fused-ring (bicyclic) bond motifs is 2. The molecule has 1 N–H and O–H groups in total. The Kier molecular flexibility index (Phi) is 5.64. The van der Waals surface area contributed by atoms with Gasteiger partial charge < -0.3 is 19.5 Å². The molecule has 1 fully saturated rings. The fraction of sp³-hybridized carbons (Fsp3) is 0.536. The summed E-state index contributed by atoms with van der Waals surface area (Å²) in [6, 6.07) is 11.1. The molecule has 33 heavy (non-hydrogen) atoms. The Bertz CT molecular complexity index is 1050. The fourth-order valence-electron chi connectivity index (χ4n) is 5.81. The molecule has 0 unspecified atom stereocenters. The van der Waals surface area contributed by atoms with Crippen molar-refractivity contribution < 1.29 is 19.4 Å². The van der Waals surface area contributed by atoms with Gasteiger partial charge in [-0.2, -0.15) is 0 Å². The van der Waals surface area contributed by atoms with Gasteiger partial charge in [0.25, 0.3) is 0 Å². The van der Waals surface area contributed by atoms with Gasteiger partial charge in [-0.1, -0.05) is 38.1 Å². The van der Waals surface area contributed by atoms with Gasteiger partial charge in [0.1, 0.15) is 17.5 Å². The molecular weight excluding hydrogens is 414 g/mol. The number of carbonyl (C=O) groups excluding carboxylic acids is 1. The molecule has 0 spiro atoms. The molecule has 0 radical (unpaired) electrons. The van der Waals surface area contributed by atoms with Crippen LogP contribution in [-0.2, 0) is 35.5 Å². The van der Waals surface area contributed by atoms with Crippen LogP contribution in [0.5, 0.6) is 5.75 Å². The number of aliphatic hydroxyl groups excluding tert-OH is 1. The number of cyclic esters (lactones) is 1. The highest BCUT2D eigenvalue weighted by atomic mass is 16.5. The third-order valence-corrected chi connectivity index (χ3v) is 7.18. The minimum Gasteiger partial charge on any atom is -0.487 e. The highest BCUT2D eigenvalue weighted by Crippen LogP contribution is 2.47. The van der Waals surface area contributed by atoms with E-state index in [0.29, 0.717) is 18.8 Å². The first kappa shape index (κ1) is 22.3. The van der Waals surface area contributed by atoms with Gasteiger partial charge in [0, 0.05) is 42.7 Å². The van der Waals surface area contributed by atoms with Gasteiger partial charge in [0.05, 0.1) is 12.5 Å². The molecule has 176 valence electrons. The van der Waals surface area contributed by atoms with Crippen molar-refractivity contribution in [1.82, 2.24) is 0 Å². The number of aliphatic hydroxyl groups is 1. The van der Waals surface area contributed by atoms with Crippen LogP contribution in [0, 0.1) is 0 Å². The van der Waals surface area contributed by atoms with Gasteiger partial charge >= 0.3 is 5.97 Å². The molecule has 2 aromatic rings. The van der Waals surface area contributed by atoms with Gasteiger partial charge in [-0.25, -0.2) is 0 Å². The van der Waals surface area contributed by atoms with Crippen molar-refractivity contribution >= 4 is 11.7 Å². The van der Waals surface area contributed by atoms with Gasteiger partial charge in [-0.05, 0) is 55.4 Å². The number of hydrogen-bond acceptors (Lipinski definition) is 5. The summed E-state index contributed by atoms with van der Waals surface area (Å²) >= 11 is 0. The lowest BCUT2D eigenvalue weighted by atomic mass is 9.87. The number of carbonyl (C=O) groups is 1. The van der Waals surface area contributed by atoms with Gasteiger partial charge in [-0.3, -0.25) is 4.79 Å². The smallest absolute Gasteiger partial charge is 0.308 e. The zero-order valence-corrected chi connectivity index (χ0v) is 20.2. The summed E-state index contributed by atoms with van der Waals surface area (Å²) in [7, 11) is 0. The van der Waals surface area contributed by atoms with Crippen LogP contribution in [0.4, 0.5) is 5.69 Å². The van der Waals surface area contributed by atoms with Crippen molar-refractivity contribution in [3.8, 4) is 5.75 Å². The molecule has 0 bridgehead atoms. The summed E-state index contributed by atoms with van der Waals surface area (Å²) in [5.74, 6) is 1.05. The van der Waals surface area contributed by atoms with Crippen LogP contribution in [0.25, 0.3) is 0 Å². The molecule has 3 heterocycles. The lowest BCUT2D eigenvalue weighted by molar-refractivity contribution is -0.160. The maximum absolute atomic E-state index is 11.9. The van der Waals surface area contributed by atoms with Crippen LogP contribution in [-0.4, -0.2) is 28.9 Å². The van der Waals surface area contributed by atoms with E-state index in [1.165, 1.54) is 33.5 Å². The molecule has 0 saturated carbocycles. The number of nitrogens with zero attached hydrogens (tertiary/aromatic N) is 1. The Hall–Kier alpha value is -2.53. The first-order valence-corrected chi connectivity index (χ1v) is 12.3. The Morgan fingerprint density at radius 1 is 1.15 bits per heavy atom. The molecule has 0 amide bonds. The summed E-state index contributed by atoms with van der Waals surface area (Å²) in [5, 5.41) is 10.1. The van der Waals surface area contributed by atoms with Crippen LogP contribution in [0.3, 0.4) is 0 Å². The van der Waals surface area contributed by atoms with Crippen LogP contribution < -0.4 is 9.64 Å². The Morgan fingerprint density at radius 2 is 1.85 bits per heavy atom. The molecule has 5 heteroatoms. The average Bonchev–Trinajstić information content (AvgIpc) is 3.29. The molecule has 5 rings (SSSR count). The van der Waals surface area contributed by atoms with E-state index < -0.39 is 6.10 Å². The fourth-order valence-corrected chi connectivity index (χ4v) is 5.81. The molecule has 5 nitrogen and oxygen atoms in total. The number of ether oxygens (including phenoxy) is 2. The van der Waals surface area contributed by atoms with E-state index >= 15 is 0 Å². The van der Waals surface area contributed by atoms with Crippen molar-refractivity contribution in [3.05, 3.63) is 58.1 Å². The topological polar surface area (TPSA) is 59.0 Å². The maximum atomic E-state index is 11.9.